The van der Waals surface area contributed by atoms with E-state index in [9.17, 15) is 19.5 Å². The molecule has 0 radical (unpaired) electrons. The highest BCUT2D eigenvalue weighted by Gasteiger charge is 2.78. The zero-order chi connectivity index (χ0) is 25.0. The van der Waals surface area contributed by atoms with E-state index in [-0.39, 0.29) is 11.8 Å². The van der Waals surface area contributed by atoms with Gasteiger partial charge in [0, 0.05) is 7.05 Å². The highest BCUT2D eigenvalue weighted by Crippen LogP contribution is 2.64. The van der Waals surface area contributed by atoms with Gasteiger partial charge in [0.1, 0.15) is 11.6 Å². The lowest BCUT2D eigenvalue weighted by Crippen LogP contribution is -2.54. The Balaban J connectivity index is 1.63. The van der Waals surface area contributed by atoms with Gasteiger partial charge >= 0.3 is 0 Å². The van der Waals surface area contributed by atoms with Gasteiger partial charge in [-0.05, 0) is 37.5 Å². The molecule has 6 atom stereocenters. The van der Waals surface area contributed by atoms with Crippen LogP contribution < -0.4 is 10.6 Å². The molecule has 35 heavy (non-hydrogen) atoms. The zero-order valence-electron chi connectivity index (χ0n) is 19.5. The maximum atomic E-state index is 14.1. The topological polar surface area (TPSA) is 108 Å². The van der Waals surface area contributed by atoms with Crippen LogP contribution in [0.4, 0.5) is 5.69 Å². The molecule has 2 aromatic rings. The van der Waals surface area contributed by atoms with Crippen LogP contribution in [-0.4, -0.2) is 58.6 Å². The number of carbonyl (C=O) groups excluding carboxylic acids is 3. The third kappa shape index (κ3) is 3.46. The van der Waals surface area contributed by atoms with E-state index in [2.05, 4.69) is 10.6 Å². The summed E-state index contributed by atoms with van der Waals surface area (Å²) in [5.41, 5.74) is -0.964. The summed E-state index contributed by atoms with van der Waals surface area (Å²) in [7, 11) is 1.53. The van der Waals surface area contributed by atoms with E-state index in [0.717, 1.165) is 0 Å². The molecule has 3 N–H and O–H groups in total. The number of fused-ring (bicyclic) bond motifs is 1. The van der Waals surface area contributed by atoms with E-state index in [1.807, 2.05) is 25.1 Å². The minimum Gasteiger partial charge on any atom is -0.394 e. The Bertz CT molecular complexity index is 1180. The predicted molar refractivity (Wildman–Crippen MR) is 129 cm³/mol. The van der Waals surface area contributed by atoms with Crippen molar-refractivity contribution in [2.24, 2.45) is 11.8 Å². The number of aliphatic hydroxyl groups is 1. The fourth-order valence-corrected chi connectivity index (χ4v) is 6.53. The summed E-state index contributed by atoms with van der Waals surface area (Å²) >= 11 is 6.30. The molecule has 3 aliphatic rings. The number of hydrogen-bond acceptors (Lipinski definition) is 5. The van der Waals surface area contributed by atoms with Gasteiger partial charge in [0.15, 0.2) is 0 Å². The number of nitrogens with one attached hydrogen (secondary N) is 2. The number of likely N-dealkylation sites (tertiary alicyclic amines) is 1. The van der Waals surface area contributed by atoms with E-state index in [0.29, 0.717) is 29.1 Å². The number of ether oxygens (including phenoxy) is 1. The molecule has 1 spiro atoms. The van der Waals surface area contributed by atoms with Crippen molar-refractivity contribution in [3.8, 4) is 0 Å². The third-order valence-electron chi connectivity index (χ3n) is 7.82. The number of rotatable bonds is 6. The highest BCUT2D eigenvalue weighted by molar-refractivity contribution is 6.33. The first-order chi connectivity index (χ1) is 16.8. The lowest BCUT2D eigenvalue weighted by atomic mass is 9.66. The van der Waals surface area contributed by atoms with Crippen molar-refractivity contribution in [2.75, 3.05) is 19.0 Å². The monoisotopic (exact) mass is 497 g/mol. The van der Waals surface area contributed by atoms with Crippen LogP contribution in [0.15, 0.2) is 54.6 Å². The van der Waals surface area contributed by atoms with Crippen LogP contribution in [0.3, 0.4) is 0 Å². The first-order valence-electron chi connectivity index (χ1n) is 11.7. The molecule has 0 aliphatic carbocycles. The Morgan fingerprint density at radius 2 is 1.83 bits per heavy atom. The van der Waals surface area contributed by atoms with Crippen molar-refractivity contribution >= 4 is 35.0 Å². The van der Waals surface area contributed by atoms with E-state index < -0.39 is 47.6 Å². The van der Waals surface area contributed by atoms with Crippen LogP contribution in [0.25, 0.3) is 0 Å². The molecule has 0 aromatic heterocycles. The molecule has 3 amide bonds. The van der Waals surface area contributed by atoms with Gasteiger partial charge in [0.05, 0.1) is 40.8 Å². The Morgan fingerprint density at radius 3 is 2.49 bits per heavy atom. The molecule has 3 saturated heterocycles. The lowest BCUT2D eigenvalue weighted by molar-refractivity contribution is -0.148. The Morgan fingerprint density at radius 1 is 1.14 bits per heavy atom. The average Bonchev–Trinajstić information content (AvgIpc) is 3.42. The molecule has 2 bridgehead atoms. The van der Waals surface area contributed by atoms with Crippen LogP contribution in [0.2, 0.25) is 5.02 Å². The van der Waals surface area contributed by atoms with E-state index in [1.165, 1.54) is 11.9 Å². The molecule has 5 rings (SSSR count). The normalized spacial score (nSPS) is 31.8. The molecule has 184 valence electrons. The third-order valence-corrected chi connectivity index (χ3v) is 8.15. The predicted octanol–water partition coefficient (Wildman–Crippen LogP) is 2.52. The molecule has 0 saturated carbocycles. The first kappa shape index (κ1) is 23.8. The fourth-order valence-electron chi connectivity index (χ4n) is 6.35. The van der Waals surface area contributed by atoms with Gasteiger partial charge in [-0.1, -0.05) is 54.1 Å². The summed E-state index contributed by atoms with van der Waals surface area (Å²) in [6, 6.07) is 14.1. The van der Waals surface area contributed by atoms with Crippen LogP contribution in [-0.2, 0) is 19.1 Å². The van der Waals surface area contributed by atoms with Crippen LogP contribution in [0.5, 0.6) is 0 Å². The van der Waals surface area contributed by atoms with Gasteiger partial charge in [-0.15, -0.1) is 0 Å². The van der Waals surface area contributed by atoms with Crippen molar-refractivity contribution in [2.45, 2.75) is 43.1 Å². The molecule has 2 unspecified atom stereocenters. The van der Waals surface area contributed by atoms with Crippen LogP contribution in [0.1, 0.15) is 31.4 Å². The van der Waals surface area contributed by atoms with E-state index in [4.69, 9.17) is 16.3 Å². The average molecular weight is 498 g/mol. The number of amides is 3. The molecule has 3 heterocycles. The number of halogens is 1. The Labute approximate surface area is 208 Å². The smallest absolute Gasteiger partial charge is 0.250 e. The highest BCUT2D eigenvalue weighted by atomic mass is 35.5. The number of hydrogen-bond donors (Lipinski definition) is 3. The van der Waals surface area contributed by atoms with Gasteiger partial charge in [0.25, 0.3) is 0 Å². The second-order valence-corrected chi connectivity index (χ2v) is 10.1. The molecule has 3 fully saturated rings. The van der Waals surface area contributed by atoms with Crippen molar-refractivity contribution in [1.82, 2.24) is 10.2 Å². The standard InChI is InChI=1S/C26H28ClN3O5/c1-25-12-13-26(35-25)20(19(25)22(32)28-2)24(34)30(18(14-31)15-8-4-3-5-9-15)21(26)23(33)29-17-11-7-6-10-16(17)27/h3-11,18-21,31H,12-14H2,1-2H3,(H,28,32)(H,29,33)/t18-,19+,20+,21?,25-,26?/m1/s1. The van der Waals surface area contributed by atoms with Crippen LogP contribution >= 0.6 is 11.6 Å². The van der Waals surface area contributed by atoms with Gasteiger partial charge in [0.2, 0.25) is 17.7 Å². The molecule has 3 aliphatic heterocycles. The Hall–Kier alpha value is -2.94. The van der Waals surface area contributed by atoms with Gasteiger partial charge in [-0.3, -0.25) is 14.4 Å². The SMILES string of the molecule is CNC(=O)[C@@H]1[C@H]2C(=O)N([C@H](CO)c3ccccc3)C(C(=O)Nc3ccccc3Cl)C23CC[C@@]1(C)O3. The summed E-state index contributed by atoms with van der Waals surface area (Å²) < 4.78 is 6.54. The molecular formula is C26H28ClN3O5. The number of nitrogens with zero attached hydrogens (tertiary/aromatic N) is 1. The summed E-state index contributed by atoms with van der Waals surface area (Å²) in [5.74, 6) is -2.72. The maximum absolute atomic E-state index is 14.1. The molecule has 8 nitrogen and oxygen atoms in total. The maximum Gasteiger partial charge on any atom is 0.250 e. The number of aliphatic hydroxyl groups excluding tert-OH is 1. The quantitative estimate of drug-likeness (QED) is 0.568. The second kappa shape index (κ2) is 8.62. The minimum atomic E-state index is -1.20. The van der Waals surface area contributed by atoms with Gasteiger partial charge in [-0.2, -0.15) is 0 Å². The number of anilines is 1. The number of carbonyl (C=O) groups is 3. The van der Waals surface area contributed by atoms with Crippen molar-refractivity contribution in [3.05, 3.63) is 65.2 Å². The summed E-state index contributed by atoms with van der Waals surface area (Å²) in [6.07, 6.45) is 0.977. The van der Waals surface area contributed by atoms with E-state index in [1.54, 1.807) is 36.4 Å². The van der Waals surface area contributed by atoms with Crippen molar-refractivity contribution in [1.29, 1.82) is 0 Å². The van der Waals surface area contributed by atoms with Crippen molar-refractivity contribution in [3.63, 3.8) is 0 Å². The van der Waals surface area contributed by atoms with Crippen molar-refractivity contribution < 1.29 is 24.2 Å². The lowest BCUT2D eigenvalue weighted by Gasteiger charge is -2.37. The van der Waals surface area contributed by atoms with Crippen LogP contribution in [0, 0.1) is 11.8 Å². The minimum absolute atomic E-state index is 0.292. The second-order valence-electron chi connectivity index (χ2n) is 9.67. The van der Waals surface area contributed by atoms with Gasteiger partial charge in [-0.25, -0.2) is 0 Å². The number of para-hydroxylation sites is 1. The summed E-state index contributed by atoms with van der Waals surface area (Å²) in [4.78, 5) is 42.4. The fraction of sp³-hybridized carbons (Fsp3) is 0.423. The van der Waals surface area contributed by atoms with E-state index >= 15 is 0 Å². The van der Waals surface area contributed by atoms with Gasteiger partial charge < -0.3 is 25.4 Å². The zero-order valence-corrected chi connectivity index (χ0v) is 20.3. The summed E-state index contributed by atoms with van der Waals surface area (Å²) in [5, 5.41) is 16.3. The first-order valence-corrected chi connectivity index (χ1v) is 12.1. The largest absolute Gasteiger partial charge is 0.394 e. The molecular weight excluding hydrogens is 470 g/mol. The molecule has 2 aromatic carbocycles. The molecule has 9 heteroatoms. The number of benzene rings is 2. The Kier molecular flexibility index (Phi) is 5.86. The summed E-state index contributed by atoms with van der Waals surface area (Å²) in [6.45, 7) is 1.44.